The zero-order valence-corrected chi connectivity index (χ0v) is 11.7. The van der Waals surface area contributed by atoms with Crippen molar-refractivity contribution in [2.24, 2.45) is 0 Å². The Hall–Kier alpha value is -1.98. The lowest BCUT2D eigenvalue weighted by Gasteiger charge is -2.15. The molecule has 0 aliphatic rings. The fourth-order valence-corrected chi connectivity index (χ4v) is 2.47. The Morgan fingerprint density at radius 1 is 1.25 bits per heavy atom. The minimum absolute atomic E-state index is 0.122. The molecule has 0 spiro atoms. The van der Waals surface area contributed by atoms with Gasteiger partial charge in [0.15, 0.2) is 0 Å². The molecule has 20 heavy (non-hydrogen) atoms. The molecule has 1 unspecified atom stereocenters. The zero-order valence-electron chi connectivity index (χ0n) is 11.0. The van der Waals surface area contributed by atoms with Crippen molar-refractivity contribution >= 4 is 17.1 Å². The average molecular weight is 288 g/mol. The molecule has 0 aromatic carbocycles. The van der Waals surface area contributed by atoms with Crippen LogP contribution in [0, 0.1) is 0 Å². The number of nitrogens with zero attached hydrogens (tertiary/aromatic N) is 4. The Labute approximate surface area is 121 Å². The monoisotopic (exact) mass is 287 g/mol. The van der Waals surface area contributed by atoms with Crippen LogP contribution in [0.25, 0.3) is 5.52 Å². The predicted octanol–water partition coefficient (Wildman–Crippen LogP) is 2.28. The minimum atomic E-state index is 0.122. The summed E-state index contributed by atoms with van der Waals surface area (Å²) >= 11 is 6.18. The highest BCUT2D eigenvalue weighted by Crippen LogP contribution is 2.25. The summed E-state index contributed by atoms with van der Waals surface area (Å²) < 4.78 is 1.82. The molecule has 0 bridgehead atoms. The summed E-state index contributed by atoms with van der Waals surface area (Å²) in [6, 6.07) is 2.06. The van der Waals surface area contributed by atoms with E-state index in [1.54, 1.807) is 18.6 Å². The fraction of sp³-hybridized carbons (Fsp3) is 0.214. The quantitative estimate of drug-likeness (QED) is 0.800. The Morgan fingerprint density at radius 2 is 2.10 bits per heavy atom. The van der Waals surface area contributed by atoms with Crippen LogP contribution in [0.3, 0.4) is 0 Å². The largest absolute Gasteiger partial charge is 0.313 e. The van der Waals surface area contributed by atoms with E-state index in [0.717, 1.165) is 23.1 Å². The van der Waals surface area contributed by atoms with Gasteiger partial charge in [-0.2, -0.15) is 5.10 Å². The van der Waals surface area contributed by atoms with Crippen molar-refractivity contribution in [1.82, 2.24) is 24.9 Å². The van der Waals surface area contributed by atoms with Gasteiger partial charge >= 0.3 is 0 Å². The van der Waals surface area contributed by atoms with E-state index in [1.807, 2.05) is 36.2 Å². The second-order valence-corrected chi connectivity index (χ2v) is 4.93. The molecule has 1 atom stereocenters. The first kappa shape index (κ1) is 13.0. The molecule has 0 fully saturated rings. The van der Waals surface area contributed by atoms with Crippen molar-refractivity contribution < 1.29 is 0 Å². The summed E-state index contributed by atoms with van der Waals surface area (Å²) in [5, 5.41) is 8.34. The Bertz CT molecular complexity index is 724. The van der Waals surface area contributed by atoms with Gasteiger partial charge in [0.1, 0.15) is 0 Å². The predicted molar refractivity (Wildman–Crippen MR) is 77.7 cm³/mol. The molecule has 0 aliphatic carbocycles. The molecule has 0 aliphatic heterocycles. The highest BCUT2D eigenvalue weighted by atomic mass is 35.5. The summed E-state index contributed by atoms with van der Waals surface area (Å²) in [6.07, 6.45) is 11.4. The van der Waals surface area contributed by atoms with Crippen LogP contribution in [-0.2, 0) is 6.42 Å². The van der Waals surface area contributed by atoms with Crippen LogP contribution >= 0.6 is 11.6 Å². The van der Waals surface area contributed by atoms with Crippen LogP contribution in [0.15, 0.2) is 43.2 Å². The van der Waals surface area contributed by atoms with E-state index in [0.29, 0.717) is 5.02 Å². The number of fused-ring (bicyclic) bond motifs is 1. The van der Waals surface area contributed by atoms with Crippen molar-refractivity contribution in [2.75, 3.05) is 7.05 Å². The molecule has 3 aromatic rings. The minimum Gasteiger partial charge on any atom is -0.313 e. The molecule has 0 amide bonds. The Kier molecular flexibility index (Phi) is 3.62. The second kappa shape index (κ2) is 5.56. The molecule has 0 saturated heterocycles. The van der Waals surface area contributed by atoms with E-state index >= 15 is 0 Å². The molecule has 5 nitrogen and oxygen atoms in total. The zero-order chi connectivity index (χ0) is 13.9. The van der Waals surface area contributed by atoms with Crippen molar-refractivity contribution in [3.05, 3.63) is 59.4 Å². The van der Waals surface area contributed by atoms with Crippen LogP contribution < -0.4 is 5.32 Å². The normalized spacial score (nSPS) is 12.7. The smallest absolute Gasteiger partial charge is 0.0892 e. The van der Waals surface area contributed by atoms with Gasteiger partial charge in [0.25, 0.3) is 0 Å². The lowest BCUT2D eigenvalue weighted by molar-refractivity contribution is 0.595. The van der Waals surface area contributed by atoms with Crippen molar-refractivity contribution in [3.63, 3.8) is 0 Å². The standard InChI is InChI=1S/C14H14ClN5/c1-16-13(6-10-2-3-17-8-12(10)15)11-7-19-20-5-4-18-9-14(11)20/h2-5,7-9,13,16H,6H2,1H3. The molecule has 3 heterocycles. The summed E-state index contributed by atoms with van der Waals surface area (Å²) in [6.45, 7) is 0. The van der Waals surface area contributed by atoms with Gasteiger partial charge in [-0.25, -0.2) is 4.52 Å². The number of hydrogen-bond acceptors (Lipinski definition) is 4. The molecule has 3 aromatic heterocycles. The van der Waals surface area contributed by atoms with Crippen LogP contribution in [0.5, 0.6) is 0 Å². The van der Waals surface area contributed by atoms with E-state index < -0.39 is 0 Å². The van der Waals surface area contributed by atoms with Gasteiger partial charge < -0.3 is 5.32 Å². The molecular weight excluding hydrogens is 274 g/mol. The molecule has 0 radical (unpaired) electrons. The topological polar surface area (TPSA) is 55.1 Å². The number of rotatable bonds is 4. The molecular formula is C14H14ClN5. The van der Waals surface area contributed by atoms with Gasteiger partial charge in [0, 0.05) is 36.4 Å². The lowest BCUT2D eigenvalue weighted by atomic mass is 10.0. The number of halogens is 1. The molecule has 3 rings (SSSR count). The van der Waals surface area contributed by atoms with Gasteiger partial charge in [0.2, 0.25) is 0 Å². The highest BCUT2D eigenvalue weighted by molar-refractivity contribution is 6.31. The summed E-state index contributed by atoms with van der Waals surface area (Å²) in [7, 11) is 1.93. The first-order chi connectivity index (χ1) is 9.79. The van der Waals surface area contributed by atoms with Crippen molar-refractivity contribution in [3.8, 4) is 0 Å². The first-order valence-corrected chi connectivity index (χ1v) is 6.70. The lowest BCUT2D eigenvalue weighted by Crippen LogP contribution is -2.19. The summed E-state index contributed by atoms with van der Waals surface area (Å²) in [4.78, 5) is 8.17. The maximum Gasteiger partial charge on any atom is 0.0892 e. The Morgan fingerprint density at radius 3 is 2.90 bits per heavy atom. The fourth-order valence-electron chi connectivity index (χ4n) is 2.28. The van der Waals surface area contributed by atoms with E-state index in [9.17, 15) is 0 Å². The van der Waals surface area contributed by atoms with Gasteiger partial charge in [-0.05, 0) is 25.1 Å². The maximum absolute atomic E-state index is 6.18. The van der Waals surface area contributed by atoms with E-state index in [2.05, 4.69) is 20.4 Å². The van der Waals surface area contributed by atoms with Gasteiger partial charge in [-0.3, -0.25) is 9.97 Å². The van der Waals surface area contributed by atoms with Crippen molar-refractivity contribution in [2.45, 2.75) is 12.5 Å². The number of hydrogen-bond donors (Lipinski definition) is 1. The number of pyridine rings is 1. The third kappa shape index (κ3) is 2.37. The molecule has 6 heteroatoms. The van der Waals surface area contributed by atoms with Gasteiger partial charge in [-0.15, -0.1) is 0 Å². The van der Waals surface area contributed by atoms with Crippen LogP contribution in [0.4, 0.5) is 0 Å². The highest BCUT2D eigenvalue weighted by Gasteiger charge is 2.16. The summed E-state index contributed by atoms with van der Waals surface area (Å²) in [5.41, 5.74) is 3.16. The van der Waals surface area contributed by atoms with Gasteiger partial charge in [0.05, 0.1) is 22.9 Å². The number of likely N-dealkylation sites (N-methyl/N-ethyl adjacent to an activating group) is 1. The van der Waals surface area contributed by atoms with Gasteiger partial charge in [-0.1, -0.05) is 11.6 Å². The first-order valence-electron chi connectivity index (χ1n) is 6.32. The molecule has 102 valence electrons. The van der Waals surface area contributed by atoms with E-state index in [-0.39, 0.29) is 6.04 Å². The third-order valence-electron chi connectivity index (χ3n) is 3.36. The number of aromatic nitrogens is 4. The second-order valence-electron chi connectivity index (χ2n) is 4.52. The van der Waals surface area contributed by atoms with E-state index in [4.69, 9.17) is 11.6 Å². The third-order valence-corrected chi connectivity index (χ3v) is 3.70. The Balaban J connectivity index is 1.96. The molecule has 1 N–H and O–H groups in total. The van der Waals surface area contributed by atoms with Crippen LogP contribution in [-0.4, -0.2) is 26.6 Å². The maximum atomic E-state index is 6.18. The van der Waals surface area contributed by atoms with Crippen LogP contribution in [0.1, 0.15) is 17.2 Å². The average Bonchev–Trinajstić information content (AvgIpc) is 2.90. The summed E-state index contributed by atoms with van der Waals surface area (Å²) in [5.74, 6) is 0. The van der Waals surface area contributed by atoms with E-state index in [1.165, 1.54) is 0 Å². The molecule has 0 saturated carbocycles. The van der Waals surface area contributed by atoms with Crippen LogP contribution in [0.2, 0.25) is 5.02 Å². The van der Waals surface area contributed by atoms with Crippen molar-refractivity contribution in [1.29, 1.82) is 0 Å². The SMILES string of the molecule is CNC(Cc1ccncc1Cl)c1cnn2ccncc12. The number of nitrogens with one attached hydrogen (secondary N) is 1.